The normalized spacial score (nSPS) is 25.6. The van der Waals surface area contributed by atoms with E-state index >= 15 is 0 Å². The molecule has 1 heterocycles. The van der Waals surface area contributed by atoms with E-state index in [1.54, 1.807) is 0 Å². The summed E-state index contributed by atoms with van der Waals surface area (Å²) in [6.45, 7) is 1.41. The average molecular weight is 194 g/mol. The summed E-state index contributed by atoms with van der Waals surface area (Å²) >= 11 is 0. The molecule has 0 aliphatic carbocycles. The van der Waals surface area contributed by atoms with Crippen molar-refractivity contribution < 1.29 is 17.7 Å². The first-order valence-electron chi connectivity index (χ1n) is 4.11. The highest BCUT2D eigenvalue weighted by atomic mass is 32.2. The summed E-state index contributed by atoms with van der Waals surface area (Å²) in [7, 11) is -3.78. The maximum Gasteiger partial charge on any atom is 0.264 e. The third-order valence-electron chi connectivity index (χ3n) is 2.04. The third-order valence-corrected chi connectivity index (χ3v) is 2.79. The maximum absolute atomic E-state index is 10.4. The van der Waals surface area contributed by atoms with Gasteiger partial charge in [0.05, 0.1) is 5.75 Å². The number of hydrogen-bond donors (Lipinski definition) is 1. The van der Waals surface area contributed by atoms with E-state index in [9.17, 15) is 8.42 Å². The van der Waals surface area contributed by atoms with Crippen molar-refractivity contribution in [3.8, 4) is 0 Å². The van der Waals surface area contributed by atoms with E-state index in [0.717, 1.165) is 19.4 Å². The lowest BCUT2D eigenvalue weighted by Gasteiger charge is -2.21. The van der Waals surface area contributed by atoms with Crippen molar-refractivity contribution in [3.63, 3.8) is 0 Å². The molecule has 0 aromatic carbocycles. The van der Waals surface area contributed by atoms with Gasteiger partial charge in [-0.1, -0.05) is 0 Å². The minimum Gasteiger partial charge on any atom is -0.381 e. The van der Waals surface area contributed by atoms with Gasteiger partial charge in [0.15, 0.2) is 0 Å². The molecule has 1 atom stereocenters. The highest BCUT2D eigenvalue weighted by Gasteiger charge is 2.16. The van der Waals surface area contributed by atoms with Gasteiger partial charge < -0.3 is 4.74 Å². The predicted octanol–water partition coefficient (Wildman–Crippen LogP) is 0.691. The Morgan fingerprint density at radius 2 is 2.25 bits per heavy atom. The van der Waals surface area contributed by atoms with Crippen molar-refractivity contribution >= 4 is 10.1 Å². The van der Waals surface area contributed by atoms with E-state index in [1.807, 2.05) is 0 Å². The lowest BCUT2D eigenvalue weighted by atomic mass is 10.00. The van der Waals surface area contributed by atoms with Crippen LogP contribution in [0.5, 0.6) is 0 Å². The van der Waals surface area contributed by atoms with Gasteiger partial charge in [-0.15, -0.1) is 0 Å². The molecular formula is C7H14O4S. The third kappa shape index (κ3) is 4.04. The zero-order valence-electron chi connectivity index (χ0n) is 6.90. The molecule has 12 heavy (non-hydrogen) atoms. The molecule has 1 aliphatic heterocycles. The Bertz CT molecular complexity index is 216. The Morgan fingerprint density at radius 1 is 1.50 bits per heavy atom. The molecule has 0 saturated carbocycles. The van der Waals surface area contributed by atoms with Gasteiger partial charge in [-0.05, 0) is 25.2 Å². The second kappa shape index (κ2) is 4.20. The monoisotopic (exact) mass is 194 g/mol. The largest absolute Gasteiger partial charge is 0.381 e. The molecule has 4 nitrogen and oxygen atoms in total. The lowest BCUT2D eigenvalue weighted by molar-refractivity contribution is 0.0537. The molecule has 72 valence electrons. The van der Waals surface area contributed by atoms with Crippen LogP contribution in [0.1, 0.15) is 19.3 Å². The van der Waals surface area contributed by atoms with Crippen molar-refractivity contribution in [2.45, 2.75) is 19.3 Å². The van der Waals surface area contributed by atoms with E-state index in [1.165, 1.54) is 0 Å². The molecule has 0 aromatic rings. The quantitative estimate of drug-likeness (QED) is 0.671. The highest BCUT2D eigenvalue weighted by molar-refractivity contribution is 7.85. The van der Waals surface area contributed by atoms with Crippen LogP contribution in [0.3, 0.4) is 0 Å². The standard InChI is InChI=1S/C7H14O4S/c8-12(9,10)5-3-7-2-1-4-11-6-7/h7H,1-6H2,(H,8,9,10). The molecule has 1 saturated heterocycles. The topological polar surface area (TPSA) is 63.6 Å². The molecule has 1 aliphatic rings. The fourth-order valence-electron chi connectivity index (χ4n) is 1.35. The summed E-state index contributed by atoms with van der Waals surface area (Å²) < 4.78 is 34.4. The Balaban J connectivity index is 2.22. The molecule has 1 fully saturated rings. The zero-order valence-corrected chi connectivity index (χ0v) is 7.72. The van der Waals surface area contributed by atoms with Gasteiger partial charge in [-0.3, -0.25) is 4.55 Å². The van der Waals surface area contributed by atoms with Crippen molar-refractivity contribution in [2.75, 3.05) is 19.0 Å². The fraction of sp³-hybridized carbons (Fsp3) is 1.00. The van der Waals surface area contributed by atoms with Crippen molar-refractivity contribution in [2.24, 2.45) is 5.92 Å². The van der Waals surface area contributed by atoms with Gasteiger partial charge in [-0.2, -0.15) is 8.42 Å². The summed E-state index contributed by atoms with van der Waals surface area (Å²) in [5.74, 6) is 0.168. The molecule has 1 unspecified atom stereocenters. The molecule has 0 spiro atoms. The van der Waals surface area contributed by atoms with Gasteiger partial charge in [-0.25, -0.2) is 0 Å². The molecule has 0 bridgehead atoms. The minimum atomic E-state index is -3.78. The molecule has 1 rings (SSSR count). The first kappa shape index (κ1) is 9.95. The number of rotatable bonds is 3. The van der Waals surface area contributed by atoms with Gasteiger partial charge in [0.1, 0.15) is 0 Å². The Morgan fingerprint density at radius 3 is 2.75 bits per heavy atom. The Labute approximate surface area is 72.7 Å². The van der Waals surface area contributed by atoms with Crippen LogP contribution in [-0.2, 0) is 14.9 Å². The summed E-state index contributed by atoms with van der Waals surface area (Å²) in [5, 5.41) is 0. The SMILES string of the molecule is O=S(=O)(O)CCC1CCCOC1. The maximum atomic E-state index is 10.4. The van der Waals surface area contributed by atoms with E-state index in [2.05, 4.69) is 0 Å². The molecule has 0 amide bonds. The summed E-state index contributed by atoms with van der Waals surface area (Å²) in [5.41, 5.74) is 0. The minimum absolute atomic E-state index is 0.138. The summed E-state index contributed by atoms with van der Waals surface area (Å²) in [4.78, 5) is 0. The van der Waals surface area contributed by atoms with Gasteiger partial charge in [0.2, 0.25) is 0 Å². The van der Waals surface area contributed by atoms with Crippen LogP contribution < -0.4 is 0 Å². The second-order valence-electron chi connectivity index (χ2n) is 3.16. The first-order chi connectivity index (χ1) is 5.58. The Hall–Kier alpha value is -0.130. The first-order valence-corrected chi connectivity index (χ1v) is 5.72. The Kier molecular flexibility index (Phi) is 3.49. The molecule has 1 N–H and O–H groups in total. The van der Waals surface area contributed by atoms with Crippen LogP contribution in [0.2, 0.25) is 0 Å². The molecular weight excluding hydrogens is 180 g/mol. The lowest BCUT2D eigenvalue weighted by Crippen LogP contribution is -2.20. The van der Waals surface area contributed by atoms with E-state index < -0.39 is 10.1 Å². The molecule has 5 heteroatoms. The van der Waals surface area contributed by atoms with Crippen molar-refractivity contribution in [3.05, 3.63) is 0 Å². The fourth-order valence-corrected chi connectivity index (χ4v) is 1.98. The average Bonchev–Trinajstić information content (AvgIpc) is 2.02. The predicted molar refractivity (Wildman–Crippen MR) is 44.6 cm³/mol. The molecule has 0 radical (unpaired) electrons. The van der Waals surface area contributed by atoms with Gasteiger partial charge in [0.25, 0.3) is 10.1 Å². The van der Waals surface area contributed by atoms with Crippen molar-refractivity contribution in [1.82, 2.24) is 0 Å². The highest BCUT2D eigenvalue weighted by Crippen LogP contribution is 2.17. The van der Waals surface area contributed by atoms with Crippen molar-refractivity contribution in [1.29, 1.82) is 0 Å². The number of hydrogen-bond acceptors (Lipinski definition) is 3. The second-order valence-corrected chi connectivity index (χ2v) is 4.73. The van der Waals surface area contributed by atoms with E-state index in [0.29, 0.717) is 18.9 Å². The van der Waals surface area contributed by atoms with Crippen LogP contribution in [0.15, 0.2) is 0 Å². The van der Waals surface area contributed by atoms with Crippen LogP contribution in [0, 0.1) is 5.92 Å². The van der Waals surface area contributed by atoms with Crippen LogP contribution >= 0.6 is 0 Å². The summed E-state index contributed by atoms with van der Waals surface area (Å²) in [6.07, 6.45) is 2.52. The molecule has 0 aromatic heterocycles. The van der Waals surface area contributed by atoms with Gasteiger partial charge >= 0.3 is 0 Å². The zero-order chi connectivity index (χ0) is 9.03. The van der Waals surface area contributed by atoms with E-state index in [4.69, 9.17) is 9.29 Å². The van der Waals surface area contributed by atoms with Crippen LogP contribution in [0.4, 0.5) is 0 Å². The summed E-state index contributed by atoms with van der Waals surface area (Å²) in [6, 6.07) is 0. The number of ether oxygens (including phenoxy) is 1. The van der Waals surface area contributed by atoms with Crippen LogP contribution in [-0.4, -0.2) is 31.9 Å². The van der Waals surface area contributed by atoms with E-state index in [-0.39, 0.29) is 5.75 Å². The van der Waals surface area contributed by atoms with Crippen LogP contribution in [0.25, 0.3) is 0 Å². The smallest absolute Gasteiger partial charge is 0.264 e. The van der Waals surface area contributed by atoms with Gasteiger partial charge in [0, 0.05) is 13.2 Å².